The van der Waals surface area contributed by atoms with Crippen LogP contribution in [0.2, 0.25) is 0 Å². The Morgan fingerprint density at radius 1 is 1.36 bits per heavy atom. The molecule has 0 aliphatic rings. The second-order valence-electron chi connectivity index (χ2n) is 1.63. The zero-order chi connectivity index (χ0) is 8.04. The fraction of sp³-hybridized carbons (Fsp3) is 1.00. The number of halogens is 1. The normalized spacial score (nSPS) is 10.7. The molecule has 0 aromatic carbocycles. The van der Waals surface area contributed by atoms with Crippen molar-refractivity contribution in [3.63, 3.8) is 0 Å². The largest absolute Gasteiger partial charge is 1.00 e. The van der Waals surface area contributed by atoms with Crippen LogP contribution in [-0.2, 0) is 14.6 Å². The first-order chi connectivity index (χ1) is 4.56. The van der Waals surface area contributed by atoms with E-state index in [-0.39, 0.29) is 58.0 Å². The van der Waals surface area contributed by atoms with Crippen LogP contribution in [0.3, 0.4) is 0 Å². The molecule has 0 aliphatic carbocycles. The maximum absolute atomic E-state index is 9.80. The second-order valence-corrected chi connectivity index (χ2v) is 3.47. The molecule has 0 rings (SSSR count). The Balaban J connectivity index is 0. The summed E-state index contributed by atoms with van der Waals surface area (Å²) in [5, 5.41) is 0.787. The Hall–Kier alpha value is 1.99. The van der Waals surface area contributed by atoms with Gasteiger partial charge in [0.25, 0.3) is 0 Å². The maximum atomic E-state index is 9.80. The molecule has 0 bridgehead atoms. The smallest absolute Gasteiger partial charge is 0.726 e. The van der Waals surface area contributed by atoms with Crippen LogP contribution in [0.25, 0.3) is 0 Å². The number of alkyl halides is 1. The van der Waals surface area contributed by atoms with Crippen molar-refractivity contribution in [2.75, 3.05) is 11.9 Å². The first-order valence-corrected chi connectivity index (χ1v) is 5.18. The minimum Gasteiger partial charge on any atom is -0.726 e. The van der Waals surface area contributed by atoms with Crippen LogP contribution in [-0.4, -0.2) is 24.9 Å². The van der Waals surface area contributed by atoms with Gasteiger partial charge in [0.05, 0.1) is 6.61 Å². The van der Waals surface area contributed by atoms with E-state index in [0.29, 0.717) is 6.42 Å². The zero-order valence-corrected chi connectivity index (χ0v) is 11.8. The topological polar surface area (TPSA) is 66.4 Å². The van der Waals surface area contributed by atoms with Crippen LogP contribution in [0.1, 0.15) is 12.8 Å². The van der Waals surface area contributed by atoms with Crippen molar-refractivity contribution in [2.45, 2.75) is 12.8 Å². The summed E-state index contributed by atoms with van der Waals surface area (Å²) in [7, 11) is -4.47. The van der Waals surface area contributed by atoms with Gasteiger partial charge < -0.3 is 4.55 Å². The summed E-state index contributed by atoms with van der Waals surface area (Å²) in [5.74, 6) is 0. The van der Waals surface area contributed by atoms with Gasteiger partial charge in [-0.1, -0.05) is 15.9 Å². The summed E-state index contributed by atoms with van der Waals surface area (Å²) < 4.78 is 33.3. The third-order valence-electron chi connectivity index (χ3n) is 0.756. The summed E-state index contributed by atoms with van der Waals surface area (Å²) in [6, 6.07) is 0. The van der Waals surface area contributed by atoms with Gasteiger partial charge in [-0.3, -0.25) is 4.18 Å². The van der Waals surface area contributed by atoms with Crippen molar-refractivity contribution in [2.24, 2.45) is 0 Å². The predicted molar refractivity (Wildman–Crippen MR) is 38.7 cm³/mol. The molecule has 0 radical (unpaired) electrons. The van der Waals surface area contributed by atoms with Crippen molar-refractivity contribution in [3.8, 4) is 0 Å². The molecule has 11 heavy (non-hydrogen) atoms. The molecule has 0 spiro atoms. The molecule has 0 atom stereocenters. The first-order valence-electron chi connectivity index (χ1n) is 2.72. The van der Waals surface area contributed by atoms with E-state index in [1.807, 2.05) is 0 Å². The molecule has 0 aromatic heterocycles. The van der Waals surface area contributed by atoms with Crippen LogP contribution in [0.5, 0.6) is 0 Å². The van der Waals surface area contributed by atoms with E-state index in [1.165, 1.54) is 0 Å². The maximum Gasteiger partial charge on any atom is 1.00 e. The molecular weight excluding hydrogens is 263 g/mol. The molecule has 0 aromatic rings. The predicted octanol–water partition coefficient (Wildman–Crippen LogP) is -2.36. The van der Waals surface area contributed by atoms with Gasteiger partial charge in [0.2, 0.25) is 10.4 Å². The summed E-state index contributed by atoms with van der Waals surface area (Å²) in [4.78, 5) is 0. The van der Waals surface area contributed by atoms with Crippen molar-refractivity contribution in [3.05, 3.63) is 0 Å². The SMILES string of the molecule is O=S(=O)([O-])OCCCCBr.[K+]. The summed E-state index contributed by atoms with van der Waals surface area (Å²) in [6.45, 7) is -0.0164. The molecule has 0 unspecified atom stereocenters. The molecular formula is C4H8BrKO4S. The Morgan fingerprint density at radius 2 is 1.91 bits per heavy atom. The second kappa shape index (κ2) is 8.58. The van der Waals surface area contributed by atoms with Crippen LogP contribution in [0, 0.1) is 0 Å². The van der Waals surface area contributed by atoms with Crippen LogP contribution in [0.4, 0.5) is 0 Å². The van der Waals surface area contributed by atoms with Crippen LogP contribution in [0.15, 0.2) is 0 Å². The summed E-state index contributed by atoms with van der Waals surface area (Å²) >= 11 is 3.15. The van der Waals surface area contributed by atoms with Gasteiger partial charge in [0.1, 0.15) is 0 Å². The summed E-state index contributed by atoms with van der Waals surface area (Å²) in [6.07, 6.45) is 1.38. The fourth-order valence-electron chi connectivity index (χ4n) is 0.358. The van der Waals surface area contributed by atoms with Crippen molar-refractivity contribution in [1.82, 2.24) is 0 Å². The minimum absolute atomic E-state index is 0. The van der Waals surface area contributed by atoms with E-state index >= 15 is 0 Å². The monoisotopic (exact) mass is 270 g/mol. The van der Waals surface area contributed by atoms with Gasteiger partial charge in [-0.2, -0.15) is 0 Å². The average molecular weight is 271 g/mol. The van der Waals surface area contributed by atoms with E-state index in [9.17, 15) is 13.0 Å². The molecule has 0 saturated heterocycles. The molecule has 0 fully saturated rings. The number of unbranched alkanes of at least 4 members (excludes halogenated alkanes) is 1. The Morgan fingerprint density at radius 3 is 2.27 bits per heavy atom. The molecule has 0 heterocycles. The molecule has 0 amide bonds. The van der Waals surface area contributed by atoms with Gasteiger partial charge in [-0.15, -0.1) is 0 Å². The standard InChI is InChI=1S/C4H9BrO4S.K/c5-3-1-2-4-9-10(6,7)8;/h1-4H2,(H,6,7,8);/q;+1/p-1. The first kappa shape index (κ1) is 15.5. The molecule has 7 heteroatoms. The van der Waals surface area contributed by atoms with E-state index in [0.717, 1.165) is 11.8 Å². The van der Waals surface area contributed by atoms with E-state index in [1.54, 1.807) is 0 Å². The van der Waals surface area contributed by atoms with Crippen molar-refractivity contribution >= 4 is 26.3 Å². The van der Waals surface area contributed by atoms with Gasteiger partial charge in [0.15, 0.2) is 0 Å². The molecule has 4 nitrogen and oxygen atoms in total. The average Bonchev–Trinajstić information content (AvgIpc) is 1.78. The van der Waals surface area contributed by atoms with E-state index < -0.39 is 10.4 Å². The van der Waals surface area contributed by atoms with Crippen LogP contribution >= 0.6 is 15.9 Å². The number of rotatable bonds is 5. The molecule has 0 saturated carbocycles. The third kappa shape index (κ3) is 14.8. The molecule has 62 valence electrons. The number of hydrogen-bond donors (Lipinski definition) is 0. The van der Waals surface area contributed by atoms with E-state index in [4.69, 9.17) is 0 Å². The Kier molecular flexibility index (Phi) is 12.1. The third-order valence-corrected chi connectivity index (χ3v) is 1.77. The molecule has 0 N–H and O–H groups in total. The Labute approximate surface area is 118 Å². The number of hydrogen-bond acceptors (Lipinski definition) is 4. The molecule has 0 aliphatic heterocycles. The van der Waals surface area contributed by atoms with Crippen molar-refractivity contribution in [1.29, 1.82) is 0 Å². The van der Waals surface area contributed by atoms with Crippen LogP contribution < -0.4 is 51.4 Å². The van der Waals surface area contributed by atoms with Gasteiger partial charge in [0, 0.05) is 5.33 Å². The Bertz CT molecular complexity index is 169. The van der Waals surface area contributed by atoms with Gasteiger partial charge in [-0.25, -0.2) is 8.42 Å². The zero-order valence-electron chi connectivity index (χ0n) is 6.25. The summed E-state index contributed by atoms with van der Waals surface area (Å²) in [5.41, 5.74) is 0. The quantitative estimate of drug-likeness (QED) is 0.184. The van der Waals surface area contributed by atoms with Gasteiger partial charge >= 0.3 is 51.4 Å². The van der Waals surface area contributed by atoms with Gasteiger partial charge in [-0.05, 0) is 12.8 Å². The minimum atomic E-state index is -4.47. The van der Waals surface area contributed by atoms with Crippen molar-refractivity contribution < 1.29 is 68.5 Å². The fourth-order valence-corrected chi connectivity index (χ4v) is 1.08. The van der Waals surface area contributed by atoms with E-state index in [2.05, 4.69) is 20.1 Å².